The molecular formula is C17H32N2O. The van der Waals surface area contributed by atoms with Crippen LogP contribution in [0.2, 0.25) is 0 Å². The van der Waals surface area contributed by atoms with Crippen LogP contribution in [0.15, 0.2) is 0 Å². The Morgan fingerprint density at radius 1 is 1.15 bits per heavy atom. The molecule has 0 aromatic carbocycles. The van der Waals surface area contributed by atoms with E-state index >= 15 is 0 Å². The summed E-state index contributed by atoms with van der Waals surface area (Å²) in [6.07, 6.45) is 12.0. The molecule has 3 fully saturated rings. The molecule has 2 atom stereocenters. The second-order valence-corrected chi connectivity index (χ2v) is 7.28. The summed E-state index contributed by atoms with van der Waals surface area (Å²) in [5.74, 6) is 0. The molecule has 0 bridgehead atoms. The second-order valence-electron chi connectivity index (χ2n) is 7.28. The minimum absolute atomic E-state index is 0.241. The Labute approximate surface area is 124 Å². The van der Waals surface area contributed by atoms with Crippen molar-refractivity contribution in [1.29, 1.82) is 0 Å². The molecule has 116 valence electrons. The summed E-state index contributed by atoms with van der Waals surface area (Å²) in [7, 11) is 0. The summed E-state index contributed by atoms with van der Waals surface area (Å²) in [5, 5.41) is 3.85. The lowest BCUT2D eigenvalue weighted by atomic mass is 9.78. The molecule has 1 aliphatic carbocycles. The Morgan fingerprint density at radius 3 is 2.65 bits per heavy atom. The molecule has 3 heteroatoms. The fourth-order valence-electron chi connectivity index (χ4n) is 4.40. The van der Waals surface area contributed by atoms with Gasteiger partial charge in [-0.3, -0.25) is 4.90 Å². The number of rotatable bonds is 4. The fraction of sp³-hybridized carbons (Fsp3) is 1.00. The van der Waals surface area contributed by atoms with Crippen LogP contribution in [0.5, 0.6) is 0 Å². The number of hydrogen-bond donors (Lipinski definition) is 1. The Kier molecular flexibility index (Phi) is 5.00. The van der Waals surface area contributed by atoms with Crippen molar-refractivity contribution in [2.75, 3.05) is 26.2 Å². The van der Waals surface area contributed by atoms with Gasteiger partial charge in [0.15, 0.2) is 0 Å². The summed E-state index contributed by atoms with van der Waals surface area (Å²) >= 11 is 0. The van der Waals surface area contributed by atoms with Crippen molar-refractivity contribution in [3.8, 4) is 0 Å². The summed E-state index contributed by atoms with van der Waals surface area (Å²) < 4.78 is 6.19. The van der Waals surface area contributed by atoms with Gasteiger partial charge < -0.3 is 10.1 Å². The van der Waals surface area contributed by atoms with Gasteiger partial charge in [0.05, 0.1) is 5.60 Å². The molecule has 20 heavy (non-hydrogen) atoms. The van der Waals surface area contributed by atoms with E-state index in [0.717, 1.165) is 13.2 Å². The third-order valence-corrected chi connectivity index (χ3v) is 5.72. The van der Waals surface area contributed by atoms with Crippen molar-refractivity contribution in [1.82, 2.24) is 10.2 Å². The van der Waals surface area contributed by atoms with E-state index in [4.69, 9.17) is 4.74 Å². The van der Waals surface area contributed by atoms with Crippen LogP contribution in [-0.2, 0) is 4.74 Å². The van der Waals surface area contributed by atoms with Gasteiger partial charge in [-0.2, -0.15) is 0 Å². The van der Waals surface area contributed by atoms with E-state index in [1.807, 2.05) is 0 Å². The predicted octanol–water partition coefficient (Wildman–Crippen LogP) is 2.94. The number of hydrogen-bond acceptors (Lipinski definition) is 3. The van der Waals surface area contributed by atoms with Gasteiger partial charge in [-0.1, -0.05) is 19.3 Å². The molecule has 0 aromatic heterocycles. The topological polar surface area (TPSA) is 24.5 Å². The molecule has 3 nitrogen and oxygen atoms in total. The van der Waals surface area contributed by atoms with Gasteiger partial charge in [0.1, 0.15) is 0 Å². The quantitative estimate of drug-likeness (QED) is 0.857. The van der Waals surface area contributed by atoms with Crippen molar-refractivity contribution in [2.45, 2.75) is 82.4 Å². The van der Waals surface area contributed by atoms with E-state index in [1.54, 1.807) is 0 Å². The third kappa shape index (κ3) is 3.55. The lowest BCUT2D eigenvalue weighted by Crippen LogP contribution is -2.50. The molecule has 0 amide bonds. The van der Waals surface area contributed by atoms with E-state index in [1.165, 1.54) is 70.9 Å². The largest absolute Gasteiger partial charge is 0.375 e. The van der Waals surface area contributed by atoms with Crippen molar-refractivity contribution in [3.05, 3.63) is 0 Å². The highest BCUT2D eigenvalue weighted by molar-refractivity contribution is 4.92. The van der Waals surface area contributed by atoms with Gasteiger partial charge in [-0.25, -0.2) is 0 Å². The van der Waals surface area contributed by atoms with Crippen molar-refractivity contribution in [3.63, 3.8) is 0 Å². The number of ether oxygens (including phenoxy) is 1. The molecular weight excluding hydrogens is 248 g/mol. The highest BCUT2D eigenvalue weighted by Gasteiger charge is 2.38. The normalized spacial score (nSPS) is 32.5. The van der Waals surface area contributed by atoms with Gasteiger partial charge in [0.25, 0.3) is 0 Å². The maximum atomic E-state index is 6.19. The number of nitrogens with zero attached hydrogens (tertiary/aromatic N) is 1. The molecule has 0 radical (unpaired) electrons. The zero-order valence-corrected chi connectivity index (χ0v) is 13.2. The van der Waals surface area contributed by atoms with Crippen molar-refractivity contribution in [2.24, 2.45) is 0 Å². The average Bonchev–Trinajstić information content (AvgIpc) is 3.00. The highest BCUT2D eigenvalue weighted by Crippen LogP contribution is 2.38. The summed E-state index contributed by atoms with van der Waals surface area (Å²) in [5.41, 5.74) is 0.241. The maximum absolute atomic E-state index is 6.19. The van der Waals surface area contributed by atoms with E-state index in [9.17, 15) is 0 Å². The van der Waals surface area contributed by atoms with Crippen LogP contribution in [-0.4, -0.2) is 48.8 Å². The number of likely N-dealkylation sites (tertiary alicyclic amines) is 1. The smallest absolute Gasteiger partial charge is 0.0697 e. The first-order valence-corrected chi connectivity index (χ1v) is 8.89. The van der Waals surface area contributed by atoms with E-state index in [0.29, 0.717) is 12.1 Å². The number of nitrogens with one attached hydrogen (secondary N) is 1. The minimum atomic E-state index is 0.241. The molecule has 3 aliphatic rings. The minimum Gasteiger partial charge on any atom is -0.375 e. The van der Waals surface area contributed by atoms with Crippen LogP contribution in [0.1, 0.15) is 64.7 Å². The first-order chi connectivity index (χ1) is 9.77. The molecule has 2 aliphatic heterocycles. The SMILES string of the molecule is CC(CNC1CCOC2(CCCCC2)C1)N1CCCC1. The van der Waals surface area contributed by atoms with E-state index < -0.39 is 0 Å². The lowest BCUT2D eigenvalue weighted by Gasteiger charge is -2.44. The fourth-order valence-corrected chi connectivity index (χ4v) is 4.40. The monoisotopic (exact) mass is 280 g/mol. The van der Waals surface area contributed by atoms with Crippen LogP contribution in [0, 0.1) is 0 Å². The lowest BCUT2D eigenvalue weighted by molar-refractivity contribution is -0.109. The second kappa shape index (κ2) is 6.76. The molecule has 0 aromatic rings. The van der Waals surface area contributed by atoms with Crippen molar-refractivity contribution < 1.29 is 4.74 Å². The first kappa shape index (κ1) is 14.8. The van der Waals surface area contributed by atoms with Gasteiger partial charge in [0.2, 0.25) is 0 Å². The third-order valence-electron chi connectivity index (χ3n) is 5.72. The molecule has 2 heterocycles. The Bertz CT molecular complexity index is 290. The zero-order valence-electron chi connectivity index (χ0n) is 13.2. The summed E-state index contributed by atoms with van der Waals surface area (Å²) in [6.45, 7) is 7.12. The predicted molar refractivity (Wildman–Crippen MR) is 83.1 cm³/mol. The van der Waals surface area contributed by atoms with Gasteiger partial charge >= 0.3 is 0 Å². The van der Waals surface area contributed by atoms with Crippen LogP contribution in [0.4, 0.5) is 0 Å². The first-order valence-electron chi connectivity index (χ1n) is 8.89. The standard InChI is InChI=1S/C17H32N2O/c1-15(19-10-5-6-11-19)14-18-16-7-12-20-17(13-16)8-3-2-4-9-17/h15-16,18H,2-14H2,1H3. The van der Waals surface area contributed by atoms with Crippen molar-refractivity contribution >= 4 is 0 Å². The van der Waals surface area contributed by atoms with Gasteiger partial charge in [0, 0.05) is 25.2 Å². The Morgan fingerprint density at radius 2 is 1.90 bits per heavy atom. The summed E-state index contributed by atoms with van der Waals surface area (Å²) in [4.78, 5) is 2.64. The molecule has 1 saturated carbocycles. The van der Waals surface area contributed by atoms with E-state index in [2.05, 4.69) is 17.1 Å². The molecule has 1 spiro atoms. The Balaban J connectivity index is 1.45. The molecule has 1 N–H and O–H groups in total. The van der Waals surface area contributed by atoms with Gasteiger partial charge in [-0.15, -0.1) is 0 Å². The van der Waals surface area contributed by atoms with Crippen LogP contribution in [0.3, 0.4) is 0 Å². The van der Waals surface area contributed by atoms with Crippen LogP contribution < -0.4 is 5.32 Å². The Hall–Kier alpha value is -0.120. The molecule has 2 unspecified atom stereocenters. The zero-order chi connectivity index (χ0) is 13.8. The highest BCUT2D eigenvalue weighted by atomic mass is 16.5. The maximum Gasteiger partial charge on any atom is 0.0697 e. The van der Waals surface area contributed by atoms with Crippen LogP contribution >= 0.6 is 0 Å². The molecule has 3 rings (SSSR count). The van der Waals surface area contributed by atoms with E-state index in [-0.39, 0.29) is 5.60 Å². The summed E-state index contributed by atoms with van der Waals surface area (Å²) in [6, 6.07) is 1.38. The average molecular weight is 280 g/mol. The van der Waals surface area contributed by atoms with Crippen LogP contribution in [0.25, 0.3) is 0 Å². The van der Waals surface area contributed by atoms with Gasteiger partial charge in [-0.05, 0) is 58.5 Å². The molecule has 2 saturated heterocycles.